The molecule has 1 aromatic heterocycles. The molecule has 142 valence electrons. The number of hydrogen-bond acceptors (Lipinski definition) is 5. The fraction of sp³-hybridized carbons (Fsp3) is 0.0952. The van der Waals surface area contributed by atoms with Gasteiger partial charge in [-0.15, -0.1) is 0 Å². The molecule has 6 nitrogen and oxygen atoms in total. The molecule has 0 aliphatic heterocycles. The quantitative estimate of drug-likeness (QED) is 0.484. The van der Waals surface area contributed by atoms with Gasteiger partial charge in [-0.1, -0.05) is 31.2 Å². The highest BCUT2D eigenvalue weighted by atomic mass is 32.2. The number of nitrogens with zero attached hydrogens (tertiary/aromatic N) is 1. The summed E-state index contributed by atoms with van der Waals surface area (Å²) in [6.07, 6.45) is 0.875. The summed E-state index contributed by atoms with van der Waals surface area (Å²) in [7, 11) is -3.74. The molecule has 4 rings (SSSR count). The third kappa shape index (κ3) is 3.44. The first kappa shape index (κ1) is 18.1. The molecule has 3 aromatic carbocycles. The second-order valence-corrected chi connectivity index (χ2v) is 8.01. The van der Waals surface area contributed by atoms with E-state index in [2.05, 4.69) is 16.6 Å². The Labute approximate surface area is 162 Å². The minimum Gasteiger partial charge on any atom is -0.507 e. The molecular weight excluding hydrogens is 376 g/mol. The molecule has 0 bridgehead atoms. The number of fused-ring (bicyclic) bond motifs is 1. The summed E-state index contributed by atoms with van der Waals surface area (Å²) in [5, 5.41) is 10.3. The number of nitrogens with one attached hydrogen (secondary N) is 1. The number of aryl methyl sites for hydroxylation is 1. The number of phenolic OH excluding ortho intramolecular Hbond substituents is 1. The Morgan fingerprint density at radius 2 is 1.82 bits per heavy atom. The largest absolute Gasteiger partial charge is 0.507 e. The molecule has 2 N–H and O–H groups in total. The average Bonchev–Trinajstić information content (AvgIpc) is 3.13. The van der Waals surface area contributed by atoms with Crippen molar-refractivity contribution in [1.29, 1.82) is 0 Å². The fourth-order valence-corrected chi connectivity index (χ4v) is 3.96. The maximum Gasteiger partial charge on any atom is 0.261 e. The lowest BCUT2D eigenvalue weighted by Gasteiger charge is -2.09. The molecule has 0 saturated heterocycles. The molecule has 0 spiro atoms. The van der Waals surface area contributed by atoms with Gasteiger partial charge >= 0.3 is 0 Å². The smallest absolute Gasteiger partial charge is 0.261 e. The van der Waals surface area contributed by atoms with Gasteiger partial charge in [-0.2, -0.15) is 0 Å². The van der Waals surface area contributed by atoms with Crippen LogP contribution in [0.2, 0.25) is 0 Å². The van der Waals surface area contributed by atoms with E-state index in [1.165, 1.54) is 30.3 Å². The molecule has 0 aliphatic rings. The molecule has 0 radical (unpaired) electrons. The molecular formula is C21H18N2O4S. The third-order valence-corrected chi connectivity index (χ3v) is 5.79. The van der Waals surface area contributed by atoms with Crippen LogP contribution in [0.15, 0.2) is 76.0 Å². The van der Waals surface area contributed by atoms with Crippen molar-refractivity contribution in [3.05, 3.63) is 72.3 Å². The Kier molecular flexibility index (Phi) is 4.52. The third-order valence-electron chi connectivity index (χ3n) is 4.39. The molecule has 0 aliphatic carbocycles. The van der Waals surface area contributed by atoms with Crippen molar-refractivity contribution in [1.82, 2.24) is 4.98 Å². The van der Waals surface area contributed by atoms with Crippen LogP contribution in [-0.2, 0) is 16.4 Å². The summed E-state index contributed by atoms with van der Waals surface area (Å²) >= 11 is 0. The van der Waals surface area contributed by atoms with E-state index in [4.69, 9.17) is 4.42 Å². The van der Waals surface area contributed by atoms with Crippen LogP contribution in [0.1, 0.15) is 12.5 Å². The second-order valence-electron chi connectivity index (χ2n) is 6.33. The van der Waals surface area contributed by atoms with E-state index in [0.29, 0.717) is 22.4 Å². The van der Waals surface area contributed by atoms with Crippen molar-refractivity contribution < 1.29 is 17.9 Å². The predicted molar refractivity (Wildman–Crippen MR) is 108 cm³/mol. The van der Waals surface area contributed by atoms with E-state index >= 15 is 0 Å². The minimum atomic E-state index is -3.74. The SMILES string of the molecule is CCc1ccc2oc(-c3cc(NS(=O)(=O)c4ccccc4)ccc3O)nc2c1. The maximum absolute atomic E-state index is 12.5. The van der Waals surface area contributed by atoms with Crippen LogP contribution >= 0.6 is 0 Å². The van der Waals surface area contributed by atoms with Gasteiger partial charge in [0.05, 0.1) is 10.5 Å². The minimum absolute atomic E-state index is 0.0510. The van der Waals surface area contributed by atoms with Crippen LogP contribution < -0.4 is 4.72 Å². The van der Waals surface area contributed by atoms with E-state index < -0.39 is 10.0 Å². The Morgan fingerprint density at radius 3 is 2.57 bits per heavy atom. The molecule has 0 unspecified atom stereocenters. The number of hydrogen-bond donors (Lipinski definition) is 2. The molecule has 0 fully saturated rings. The number of benzene rings is 3. The van der Waals surface area contributed by atoms with Crippen LogP contribution in [0, 0.1) is 0 Å². The number of sulfonamides is 1. The average molecular weight is 394 g/mol. The summed E-state index contributed by atoms with van der Waals surface area (Å²) in [4.78, 5) is 4.60. The van der Waals surface area contributed by atoms with Crippen LogP contribution in [0.3, 0.4) is 0 Å². The lowest BCUT2D eigenvalue weighted by atomic mass is 10.1. The van der Waals surface area contributed by atoms with Crippen LogP contribution in [0.5, 0.6) is 5.75 Å². The van der Waals surface area contributed by atoms with Crippen molar-refractivity contribution in [2.45, 2.75) is 18.2 Å². The van der Waals surface area contributed by atoms with Gasteiger partial charge in [0.15, 0.2) is 5.58 Å². The monoisotopic (exact) mass is 394 g/mol. The van der Waals surface area contributed by atoms with Gasteiger partial charge in [-0.25, -0.2) is 13.4 Å². The van der Waals surface area contributed by atoms with E-state index in [9.17, 15) is 13.5 Å². The van der Waals surface area contributed by atoms with Crippen molar-refractivity contribution in [3.8, 4) is 17.2 Å². The molecule has 1 heterocycles. The fourth-order valence-electron chi connectivity index (χ4n) is 2.89. The summed E-state index contributed by atoms with van der Waals surface area (Å²) in [5.41, 5.74) is 3.02. The molecule has 0 saturated carbocycles. The molecule has 28 heavy (non-hydrogen) atoms. The van der Waals surface area contributed by atoms with E-state index in [-0.39, 0.29) is 16.5 Å². The molecule has 0 amide bonds. The van der Waals surface area contributed by atoms with Crippen molar-refractivity contribution in [2.24, 2.45) is 0 Å². The van der Waals surface area contributed by atoms with E-state index in [0.717, 1.165) is 12.0 Å². The first-order chi connectivity index (χ1) is 13.5. The first-order valence-electron chi connectivity index (χ1n) is 8.77. The number of phenols is 1. The first-order valence-corrected chi connectivity index (χ1v) is 10.3. The zero-order valence-corrected chi connectivity index (χ0v) is 15.9. The topological polar surface area (TPSA) is 92.4 Å². The van der Waals surface area contributed by atoms with Gasteiger partial charge in [0.2, 0.25) is 5.89 Å². The number of aromatic hydroxyl groups is 1. The standard InChI is InChI=1S/C21H18N2O4S/c1-2-14-8-11-20-18(12-14)22-21(27-20)17-13-15(9-10-19(17)24)23-28(25,26)16-6-4-3-5-7-16/h3-13,23-24H,2H2,1H3. The van der Waals surface area contributed by atoms with Gasteiger partial charge in [0, 0.05) is 5.69 Å². The maximum atomic E-state index is 12.5. The Morgan fingerprint density at radius 1 is 1.04 bits per heavy atom. The van der Waals surface area contributed by atoms with Gasteiger partial charge in [0.1, 0.15) is 11.3 Å². The predicted octanol–water partition coefficient (Wildman–Crippen LogP) is 4.56. The van der Waals surface area contributed by atoms with Gasteiger partial charge < -0.3 is 9.52 Å². The molecule has 0 atom stereocenters. The normalized spacial score (nSPS) is 11.6. The lowest BCUT2D eigenvalue weighted by molar-refractivity contribution is 0.474. The highest BCUT2D eigenvalue weighted by Gasteiger charge is 2.17. The molecule has 7 heteroatoms. The zero-order valence-electron chi connectivity index (χ0n) is 15.1. The lowest BCUT2D eigenvalue weighted by Crippen LogP contribution is -2.12. The Bertz CT molecular complexity index is 1250. The molecule has 4 aromatic rings. The van der Waals surface area contributed by atoms with Crippen molar-refractivity contribution >= 4 is 26.8 Å². The van der Waals surface area contributed by atoms with E-state index in [1.54, 1.807) is 18.2 Å². The van der Waals surface area contributed by atoms with Gasteiger partial charge in [-0.05, 0) is 54.4 Å². The number of rotatable bonds is 5. The summed E-state index contributed by atoms with van der Waals surface area (Å²) < 4.78 is 33.3. The van der Waals surface area contributed by atoms with E-state index in [1.807, 2.05) is 18.2 Å². The highest BCUT2D eigenvalue weighted by Crippen LogP contribution is 2.34. The number of anilines is 1. The van der Waals surface area contributed by atoms with Gasteiger partial charge in [0.25, 0.3) is 10.0 Å². The van der Waals surface area contributed by atoms with Crippen LogP contribution in [0.25, 0.3) is 22.6 Å². The highest BCUT2D eigenvalue weighted by molar-refractivity contribution is 7.92. The zero-order chi connectivity index (χ0) is 19.7. The number of aromatic nitrogens is 1. The summed E-state index contributed by atoms with van der Waals surface area (Å²) in [5.74, 6) is 0.173. The Hall–Kier alpha value is -3.32. The van der Waals surface area contributed by atoms with Crippen molar-refractivity contribution in [2.75, 3.05) is 4.72 Å². The second kappa shape index (κ2) is 7.01. The van der Waals surface area contributed by atoms with Crippen LogP contribution in [0.4, 0.5) is 5.69 Å². The number of oxazole rings is 1. The van der Waals surface area contributed by atoms with Crippen LogP contribution in [-0.4, -0.2) is 18.5 Å². The summed E-state index contributed by atoms with van der Waals surface area (Å²) in [6, 6.07) is 18.2. The van der Waals surface area contributed by atoms with Crippen molar-refractivity contribution in [3.63, 3.8) is 0 Å². The van der Waals surface area contributed by atoms with Gasteiger partial charge in [-0.3, -0.25) is 4.72 Å². The summed E-state index contributed by atoms with van der Waals surface area (Å²) in [6.45, 7) is 2.05. The Balaban J connectivity index is 1.72.